The molecule has 0 saturated carbocycles. The Morgan fingerprint density at radius 2 is 1.85 bits per heavy atom. The summed E-state index contributed by atoms with van der Waals surface area (Å²) in [5, 5.41) is 2.94. The normalized spacial score (nSPS) is 14.8. The highest BCUT2D eigenvalue weighted by atomic mass is 79.9. The third kappa shape index (κ3) is 4.24. The first kappa shape index (κ1) is 19.2. The zero-order valence-corrected chi connectivity index (χ0v) is 16.6. The van der Waals surface area contributed by atoms with Gasteiger partial charge in [0.05, 0.1) is 23.5 Å². The average Bonchev–Trinajstić information content (AvgIpc) is 2.71. The Bertz CT molecular complexity index is 840. The van der Waals surface area contributed by atoms with Crippen molar-refractivity contribution in [3.8, 4) is 11.5 Å². The molecule has 0 saturated heterocycles. The number of fused-ring (bicyclic) bond motifs is 1. The molecule has 1 aliphatic heterocycles. The van der Waals surface area contributed by atoms with E-state index in [1.165, 1.54) is 7.11 Å². The van der Waals surface area contributed by atoms with Gasteiger partial charge < -0.3 is 19.5 Å². The number of ether oxygens (including phenoxy) is 3. The molecule has 2 atom stereocenters. The molecule has 0 aromatic heterocycles. The van der Waals surface area contributed by atoms with Crippen molar-refractivity contribution in [2.45, 2.75) is 13.0 Å². The van der Waals surface area contributed by atoms with Crippen molar-refractivity contribution in [1.29, 1.82) is 0 Å². The second-order valence-corrected chi connectivity index (χ2v) is 7.01. The van der Waals surface area contributed by atoms with Crippen LogP contribution in [0, 0.1) is 5.92 Å². The van der Waals surface area contributed by atoms with Gasteiger partial charge >= 0.3 is 5.97 Å². The minimum Gasteiger partial charge on any atom is -0.486 e. The predicted molar refractivity (Wildman–Crippen MR) is 103 cm³/mol. The number of rotatable bonds is 5. The Hall–Kier alpha value is -2.54. The Balaban J connectivity index is 1.88. The number of benzene rings is 2. The van der Waals surface area contributed by atoms with Crippen LogP contribution in [-0.4, -0.2) is 32.2 Å². The topological polar surface area (TPSA) is 73.9 Å². The van der Waals surface area contributed by atoms with Crippen LogP contribution in [0.5, 0.6) is 11.5 Å². The van der Waals surface area contributed by atoms with Gasteiger partial charge in [0.2, 0.25) is 0 Å². The molecule has 0 unspecified atom stereocenters. The van der Waals surface area contributed by atoms with E-state index in [0.29, 0.717) is 34.7 Å². The lowest BCUT2D eigenvalue weighted by atomic mass is 9.94. The Morgan fingerprint density at radius 3 is 2.56 bits per heavy atom. The average molecular weight is 434 g/mol. The van der Waals surface area contributed by atoms with Gasteiger partial charge in [-0.3, -0.25) is 9.59 Å². The van der Waals surface area contributed by atoms with Gasteiger partial charge in [-0.1, -0.05) is 30.3 Å². The highest BCUT2D eigenvalue weighted by Gasteiger charge is 2.29. The number of halogens is 1. The van der Waals surface area contributed by atoms with Crippen molar-refractivity contribution in [3.63, 3.8) is 0 Å². The number of hydrogen-bond acceptors (Lipinski definition) is 5. The molecule has 7 heteroatoms. The van der Waals surface area contributed by atoms with Crippen LogP contribution in [0.4, 0.5) is 0 Å². The molecule has 27 heavy (non-hydrogen) atoms. The lowest BCUT2D eigenvalue weighted by molar-refractivity contribution is -0.145. The monoisotopic (exact) mass is 433 g/mol. The summed E-state index contributed by atoms with van der Waals surface area (Å²) in [5.41, 5.74) is 1.23. The number of methoxy groups -OCH3 is 1. The van der Waals surface area contributed by atoms with Crippen molar-refractivity contribution in [2.75, 3.05) is 20.3 Å². The lowest BCUT2D eigenvalue weighted by Crippen LogP contribution is -2.36. The van der Waals surface area contributed by atoms with Crippen LogP contribution in [-0.2, 0) is 9.53 Å². The highest BCUT2D eigenvalue weighted by Crippen LogP contribution is 2.38. The summed E-state index contributed by atoms with van der Waals surface area (Å²) in [6, 6.07) is 12.1. The molecule has 2 aromatic carbocycles. The molecular weight excluding hydrogens is 414 g/mol. The number of carbonyl (C=O) groups excluding carboxylic acids is 2. The van der Waals surface area contributed by atoms with E-state index in [-0.39, 0.29) is 5.91 Å². The standard InChI is InChI=1S/C20H20BrNO5/c1-12(20(24)25-2)17(13-6-4-3-5-7-13)22-19(23)14-10-15(21)18-16(11-14)26-8-9-27-18/h3-7,10-12,17H,8-9H2,1-2H3,(H,22,23)/t12-,17+/m0/s1. The van der Waals surface area contributed by atoms with E-state index in [1.807, 2.05) is 30.3 Å². The maximum absolute atomic E-state index is 12.9. The van der Waals surface area contributed by atoms with E-state index in [9.17, 15) is 9.59 Å². The van der Waals surface area contributed by atoms with Gasteiger partial charge in [0.25, 0.3) is 5.91 Å². The zero-order valence-electron chi connectivity index (χ0n) is 15.0. The van der Waals surface area contributed by atoms with Gasteiger partial charge in [0.15, 0.2) is 11.5 Å². The van der Waals surface area contributed by atoms with Crippen molar-refractivity contribution in [1.82, 2.24) is 5.32 Å². The third-order valence-electron chi connectivity index (χ3n) is 4.38. The quantitative estimate of drug-likeness (QED) is 0.730. The van der Waals surface area contributed by atoms with E-state index < -0.39 is 17.9 Å². The molecule has 0 spiro atoms. The van der Waals surface area contributed by atoms with Gasteiger partial charge in [0.1, 0.15) is 13.2 Å². The molecule has 2 aromatic rings. The summed E-state index contributed by atoms with van der Waals surface area (Å²) in [6.45, 7) is 2.61. The van der Waals surface area contributed by atoms with Gasteiger partial charge in [-0.25, -0.2) is 0 Å². The van der Waals surface area contributed by atoms with Crippen LogP contribution >= 0.6 is 15.9 Å². The van der Waals surface area contributed by atoms with Crippen LogP contribution in [0.1, 0.15) is 28.9 Å². The number of nitrogens with one attached hydrogen (secondary N) is 1. The van der Waals surface area contributed by atoms with Gasteiger partial charge in [0, 0.05) is 5.56 Å². The van der Waals surface area contributed by atoms with Gasteiger partial charge in [-0.05, 0) is 40.5 Å². The van der Waals surface area contributed by atoms with E-state index in [1.54, 1.807) is 19.1 Å². The number of esters is 1. The van der Waals surface area contributed by atoms with Crippen LogP contribution in [0.25, 0.3) is 0 Å². The van der Waals surface area contributed by atoms with E-state index in [0.717, 1.165) is 5.56 Å². The van der Waals surface area contributed by atoms with Crippen LogP contribution in [0.2, 0.25) is 0 Å². The minimum absolute atomic E-state index is 0.322. The Kier molecular flexibility index (Phi) is 6.01. The molecule has 0 bridgehead atoms. The summed E-state index contributed by atoms with van der Waals surface area (Å²) < 4.78 is 16.6. The molecule has 3 rings (SSSR count). The van der Waals surface area contributed by atoms with Crippen LogP contribution in [0.3, 0.4) is 0 Å². The number of amides is 1. The summed E-state index contributed by atoms with van der Waals surface area (Å²) in [6.07, 6.45) is 0. The van der Waals surface area contributed by atoms with E-state index >= 15 is 0 Å². The molecule has 1 aliphatic rings. The highest BCUT2D eigenvalue weighted by molar-refractivity contribution is 9.10. The molecule has 1 N–H and O–H groups in total. The molecule has 0 radical (unpaired) electrons. The first-order valence-electron chi connectivity index (χ1n) is 8.54. The van der Waals surface area contributed by atoms with Crippen molar-refractivity contribution in [2.24, 2.45) is 5.92 Å². The lowest BCUT2D eigenvalue weighted by Gasteiger charge is -2.25. The number of hydrogen-bond donors (Lipinski definition) is 1. The summed E-state index contributed by atoms with van der Waals surface area (Å²) in [4.78, 5) is 25.0. The Labute approximate surface area is 165 Å². The second kappa shape index (κ2) is 8.43. The molecule has 1 amide bonds. The maximum atomic E-state index is 12.9. The summed E-state index contributed by atoms with van der Waals surface area (Å²) in [5.74, 6) is -0.176. The second-order valence-electron chi connectivity index (χ2n) is 6.16. The first-order valence-corrected chi connectivity index (χ1v) is 9.33. The van der Waals surface area contributed by atoms with E-state index in [4.69, 9.17) is 14.2 Å². The van der Waals surface area contributed by atoms with Crippen molar-refractivity contribution < 1.29 is 23.8 Å². The molecule has 6 nitrogen and oxygen atoms in total. The summed E-state index contributed by atoms with van der Waals surface area (Å²) in [7, 11) is 1.33. The summed E-state index contributed by atoms with van der Waals surface area (Å²) >= 11 is 3.42. The SMILES string of the molecule is COC(=O)[C@@H](C)[C@@H](NC(=O)c1cc(Br)c2c(c1)OCCO2)c1ccccc1. The number of carbonyl (C=O) groups is 2. The van der Waals surface area contributed by atoms with Crippen molar-refractivity contribution in [3.05, 3.63) is 58.1 Å². The molecule has 1 heterocycles. The minimum atomic E-state index is -0.554. The smallest absolute Gasteiger partial charge is 0.310 e. The predicted octanol–water partition coefficient (Wildman–Crippen LogP) is 3.50. The largest absolute Gasteiger partial charge is 0.486 e. The van der Waals surface area contributed by atoms with Crippen molar-refractivity contribution >= 4 is 27.8 Å². The zero-order chi connectivity index (χ0) is 19.4. The molecule has 0 aliphatic carbocycles. The van der Waals surface area contributed by atoms with Gasteiger partial charge in [-0.2, -0.15) is 0 Å². The van der Waals surface area contributed by atoms with Gasteiger partial charge in [-0.15, -0.1) is 0 Å². The third-order valence-corrected chi connectivity index (χ3v) is 4.97. The fourth-order valence-electron chi connectivity index (χ4n) is 2.95. The van der Waals surface area contributed by atoms with Crippen LogP contribution < -0.4 is 14.8 Å². The molecular formula is C20H20BrNO5. The fourth-order valence-corrected chi connectivity index (χ4v) is 3.50. The fraction of sp³-hybridized carbons (Fsp3) is 0.300. The molecule has 142 valence electrons. The maximum Gasteiger partial charge on any atom is 0.310 e. The van der Waals surface area contributed by atoms with E-state index in [2.05, 4.69) is 21.2 Å². The Morgan fingerprint density at radius 1 is 1.15 bits per heavy atom. The first-order chi connectivity index (χ1) is 13.0. The van der Waals surface area contributed by atoms with Crippen LogP contribution in [0.15, 0.2) is 46.9 Å². The molecule has 0 fully saturated rings.